The van der Waals surface area contributed by atoms with Crippen LogP contribution in [0.25, 0.3) is 88.7 Å². The molecule has 0 aliphatic carbocycles. The predicted molar refractivity (Wildman–Crippen MR) is 200 cm³/mol. The fraction of sp³-hybridized carbons (Fsp3) is 0. The molecule has 0 spiro atoms. The summed E-state index contributed by atoms with van der Waals surface area (Å²) >= 11 is 0. The van der Waals surface area contributed by atoms with Crippen LogP contribution in [0, 0.1) is 0 Å². The quantitative estimate of drug-likeness (QED) is 0.182. The molecule has 0 bridgehead atoms. The van der Waals surface area contributed by atoms with Gasteiger partial charge in [-0.3, -0.25) is 0 Å². The molecule has 1 aromatic heterocycles. The Morgan fingerprint density at radius 1 is 0.250 bits per heavy atom. The molecule has 0 radical (unpaired) electrons. The minimum Gasteiger partial charge on any atom is -0.208 e. The van der Waals surface area contributed by atoms with E-state index in [0.717, 1.165) is 27.8 Å². The summed E-state index contributed by atoms with van der Waals surface area (Å²) in [6.45, 7) is 0. The first kappa shape index (κ1) is 27.8. The van der Waals surface area contributed by atoms with Gasteiger partial charge in [0.05, 0.1) is 0 Å². The summed E-state index contributed by atoms with van der Waals surface area (Å²) in [5, 5.41) is 7.30. The van der Waals surface area contributed by atoms with Crippen LogP contribution in [-0.4, -0.2) is 15.0 Å². The van der Waals surface area contributed by atoms with Crippen LogP contribution in [0.4, 0.5) is 0 Å². The van der Waals surface area contributed by atoms with Gasteiger partial charge in [0.25, 0.3) is 0 Å². The third-order valence-corrected chi connectivity index (χ3v) is 9.10. The van der Waals surface area contributed by atoms with Gasteiger partial charge in [0.2, 0.25) is 0 Å². The molecule has 0 aliphatic heterocycles. The van der Waals surface area contributed by atoms with Gasteiger partial charge < -0.3 is 0 Å². The van der Waals surface area contributed by atoms with Crippen molar-refractivity contribution in [2.24, 2.45) is 0 Å². The number of aromatic nitrogens is 3. The standard InChI is InChI=1S/C45H29N3/c1-4-14-30(15-5-1)31-24-26-32(27-25-31)40-28-35(29-41-38-22-11-10-20-36(38)37-21-12-13-23-39(37)42(40)41)45-47-43(33-16-6-2-7-17-33)46-44(48-45)34-18-8-3-9-19-34/h1-29H. The van der Waals surface area contributed by atoms with E-state index in [4.69, 9.17) is 15.0 Å². The molecule has 8 aromatic carbocycles. The van der Waals surface area contributed by atoms with Crippen LogP contribution < -0.4 is 0 Å². The van der Waals surface area contributed by atoms with E-state index in [1.54, 1.807) is 0 Å². The van der Waals surface area contributed by atoms with E-state index in [2.05, 4.69) is 115 Å². The lowest BCUT2D eigenvalue weighted by Gasteiger charge is -2.17. The molecule has 0 atom stereocenters. The van der Waals surface area contributed by atoms with Gasteiger partial charge in [-0.2, -0.15) is 0 Å². The predicted octanol–water partition coefficient (Wildman–Crippen LogP) is 11.7. The Labute approximate surface area is 278 Å². The van der Waals surface area contributed by atoms with Crippen molar-refractivity contribution in [1.82, 2.24) is 15.0 Å². The van der Waals surface area contributed by atoms with Crippen LogP contribution >= 0.6 is 0 Å². The van der Waals surface area contributed by atoms with Gasteiger partial charge in [-0.15, -0.1) is 0 Å². The van der Waals surface area contributed by atoms with Crippen LogP contribution in [0.1, 0.15) is 0 Å². The molecule has 0 unspecified atom stereocenters. The highest BCUT2D eigenvalue weighted by Gasteiger charge is 2.18. The van der Waals surface area contributed by atoms with E-state index in [1.165, 1.54) is 43.4 Å². The molecule has 48 heavy (non-hydrogen) atoms. The maximum atomic E-state index is 5.11. The molecule has 9 aromatic rings. The zero-order chi connectivity index (χ0) is 31.9. The largest absolute Gasteiger partial charge is 0.208 e. The zero-order valence-corrected chi connectivity index (χ0v) is 26.1. The second-order valence-electron chi connectivity index (χ2n) is 12.0. The minimum absolute atomic E-state index is 0.643. The van der Waals surface area contributed by atoms with Crippen molar-refractivity contribution < 1.29 is 0 Å². The highest BCUT2D eigenvalue weighted by Crippen LogP contribution is 2.43. The van der Waals surface area contributed by atoms with E-state index in [1.807, 2.05) is 60.7 Å². The zero-order valence-electron chi connectivity index (χ0n) is 26.1. The molecular formula is C45H29N3. The van der Waals surface area contributed by atoms with Gasteiger partial charge >= 0.3 is 0 Å². The molecule has 0 fully saturated rings. The molecule has 0 saturated heterocycles. The van der Waals surface area contributed by atoms with Gasteiger partial charge in [0, 0.05) is 16.7 Å². The summed E-state index contributed by atoms with van der Waals surface area (Å²) in [7, 11) is 0. The van der Waals surface area contributed by atoms with Gasteiger partial charge in [-0.25, -0.2) is 15.0 Å². The Hall–Kier alpha value is -6.45. The number of fused-ring (bicyclic) bond motifs is 6. The first-order valence-electron chi connectivity index (χ1n) is 16.2. The van der Waals surface area contributed by atoms with Crippen LogP contribution in [0.3, 0.4) is 0 Å². The Morgan fingerprint density at radius 3 is 1.17 bits per heavy atom. The molecule has 1 heterocycles. The average Bonchev–Trinajstić information content (AvgIpc) is 3.18. The SMILES string of the molecule is c1ccc(-c2ccc(-c3cc(-c4nc(-c5ccccc5)nc(-c5ccccc5)n4)cc4c5ccccc5c5ccccc5c34)cc2)cc1. The molecule has 9 rings (SSSR count). The fourth-order valence-electron chi connectivity index (χ4n) is 6.80. The molecule has 0 amide bonds. The van der Waals surface area contributed by atoms with E-state index in [-0.39, 0.29) is 0 Å². The monoisotopic (exact) mass is 611 g/mol. The molecule has 0 N–H and O–H groups in total. The van der Waals surface area contributed by atoms with Crippen molar-refractivity contribution in [3.63, 3.8) is 0 Å². The third kappa shape index (κ3) is 4.90. The Bertz CT molecular complexity index is 2520. The number of hydrogen-bond donors (Lipinski definition) is 0. The lowest BCUT2D eigenvalue weighted by molar-refractivity contribution is 1.07. The van der Waals surface area contributed by atoms with Crippen LogP contribution in [0.5, 0.6) is 0 Å². The summed E-state index contributed by atoms with van der Waals surface area (Å²) in [6.07, 6.45) is 0. The van der Waals surface area contributed by atoms with Crippen molar-refractivity contribution in [3.05, 3.63) is 176 Å². The molecule has 0 aliphatic rings. The Morgan fingerprint density at radius 2 is 0.625 bits per heavy atom. The topological polar surface area (TPSA) is 38.7 Å². The number of benzene rings is 8. The number of hydrogen-bond acceptors (Lipinski definition) is 3. The van der Waals surface area contributed by atoms with Crippen LogP contribution in [-0.2, 0) is 0 Å². The van der Waals surface area contributed by atoms with Crippen molar-refractivity contribution in [2.45, 2.75) is 0 Å². The van der Waals surface area contributed by atoms with E-state index < -0.39 is 0 Å². The fourth-order valence-corrected chi connectivity index (χ4v) is 6.80. The second-order valence-corrected chi connectivity index (χ2v) is 12.0. The highest BCUT2D eigenvalue weighted by atomic mass is 15.0. The third-order valence-electron chi connectivity index (χ3n) is 9.10. The number of rotatable bonds is 5. The Kier molecular flexibility index (Phi) is 6.80. The first-order chi connectivity index (χ1) is 23.8. The van der Waals surface area contributed by atoms with E-state index in [9.17, 15) is 0 Å². The molecule has 0 saturated carbocycles. The molecular weight excluding hydrogens is 583 g/mol. The first-order valence-corrected chi connectivity index (χ1v) is 16.2. The van der Waals surface area contributed by atoms with Gasteiger partial charge in [0.1, 0.15) is 0 Å². The summed E-state index contributed by atoms with van der Waals surface area (Å²) in [5.74, 6) is 1.94. The lowest BCUT2D eigenvalue weighted by atomic mass is 9.87. The Balaban J connectivity index is 1.35. The van der Waals surface area contributed by atoms with Crippen LogP contribution in [0.2, 0.25) is 0 Å². The van der Waals surface area contributed by atoms with Crippen LogP contribution in [0.15, 0.2) is 176 Å². The summed E-state index contributed by atoms with van der Waals surface area (Å²) in [4.78, 5) is 15.2. The highest BCUT2D eigenvalue weighted by molar-refractivity contribution is 6.29. The smallest absolute Gasteiger partial charge is 0.164 e. The van der Waals surface area contributed by atoms with Crippen molar-refractivity contribution in [2.75, 3.05) is 0 Å². The minimum atomic E-state index is 0.643. The maximum absolute atomic E-state index is 5.11. The lowest BCUT2D eigenvalue weighted by Crippen LogP contribution is -2.00. The number of nitrogens with zero attached hydrogens (tertiary/aromatic N) is 3. The van der Waals surface area contributed by atoms with Gasteiger partial charge in [-0.05, 0) is 66.7 Å². The molecule has 3 nitrogen and oxygen atoms in total. The maximum Gasteiger partial charge on any atom is 0.164 e. The summed E-state index contributed by atoms with van der Waals surface area (Å²) in [6, 6.07) is 61.7. The van der Waals surface area contributed by atoms with E-state index >= 15 is 0 Å². The van der Waals surface area contributed by atoms with Crippen molar-refractivity contribution in [1.29, 1.82) is 0 Å². The second kappa shape index (κ2) is 11.7. The average molecular weight is 612 g/mol. The van der Waals surface area contributed by atoms with Crippen molar-refractivity contribution >= 4 is 32.3 Å². The van der Waals surface area contributed by atoms with E-state index in [0.29, 0.717) is 17.5 Å². The summed E-state index contributed by atoms with van der Waals surface area (Å²) < 4.78 is 0. The summed E-state index contributed by atoms with van der Waals surface area (Å²) in [5.41, 5.74) is 7.52. The normalized spacial score (nSPS) is 11.3. The van der Waals surface area contributed by atoms with Gasteiger partial charge in [0.15, 0.2) is 17.5 Å². The van der Waals surface area contributed by atoms with Gasteiger partial charge in [-0.1, -0.05) is 164 Å². The molecule has 224 valence electrons. The molecule has 3 heteroatoms. The van der Waals surface area contributed by atoms with Crippen molar-refractivity contribution in [3.8, 4) is 56.4 Å².